The second-order valence-corrected chi connectivity index (χ2v) is 5.68. The van der Waals surface area contributed by atoms with Crippen LogP contribution in [0.4, 0.5) is 0 Å². The SMILES string of the molecule is COC(C)(C)C(O)/C(=C/c1ccccc1Cl)n1ccnc1. The minimum Gasteiger partial charge on any atom is -0.384 e. The molecule has 1 aromatic heterocycles. The van der Waals surface area contributed by atoms with Gasteiger partial charge in [-0.1, -0.05) is 29.8 Å². The number of aromatic nitrogens is 2. The molecule has 0 amide bonds. The summed E-state index contributed by atoms with van der Waals surface area (Å²) in [6.45, 7) is 3.66. The highest BCUT2D eigenvalue weighted by atomic mass is 35.5. The summed E-state index contributed by atoms with van der Waals surface area (Å²) < 4.78 is 7.15. The van der Waals surface area contributed by atoms with Gasteiger partial charge < -0.3 is 14.4 Å². The number of methoxy groups -OCH3 is 1. The van der Waals surface area contributed by atoms with E-state index in [0.29, 0.717) is 10.7 Å². The van der Waals surface area contributed by atoms with Crippen molar-refractivity contribution in [3.8, 4) is 0 Å². The zero-order valence-electron chi connectivity index (χ0n) is 12.3. The normalized spacial score (nSPS) is 14.2. The van der Waals surface area contributed by atoms with Crippen molar-refractivity contribution in [1.82, 2.24) is 9.55 Å². The maximum Gasteiger partial charge on any atom is 0.123 e. The van der Waals surface area contributed by atoms with E-state index in [9.17, 15) is 5.11 Å². The van der Waals surface area contributed by atoms with E-state index in [-0.39, 0.29) is 0 Å². The number of hydrogen-bond acceptors (Lipinski definition) is 3. The molecule has 112 valence electrons. The number of halogens is 1. The Bertz CT molecular complexity index is 621. The maximum absolute atomic E-state index is 10.7. The van der Waals surface area contributed by atoms with Gasteiger partial charge in [-0.3, -0.25) is 0 Å². The molecule has 1 N–H and O–H groups in total. The molecule has 0 fully saturated rings. The third-order valence-corrected chi connectivity index (χ3v) is 3.82. The average molecular weight is 307 g/mol. The molecule has 0 aliphatic heterocycles. The van der Waals surface area contributed by atoms with Crippen LogP contribution in [0.2, 0.25) is 5.02 Å². The molecule has 2 aromatic rings. The minimum atomic E-state index is -0.840. The highest BCUT2D eigenvalue weighted by Crippen LogP contribution is 2.27. The number of hydrogen-bond donors (Lipinski definition) is 1. The Morgan fingerprint density at radius 2 is 2.14 bits per heavy atom. The van der Waals surface area contributed by atoms with Crippen molar-refractivity contribution in [2.24, 2.45) is 0 Å². The molecule has 1 unspecified atom stereocenters. The molecule has 0 saturated heterocycles. The molecule has 1 atom stereocenters. The molecule has 0 spiro atoms. The quantitative estimate of drug-likeness (QED) is 0.922. The highest BCUT2D eigenvalue weighted by Gasteiger charge is 2.31. The van der Waals surface area contributed by atoms with Gasteiger partial charge in [0.15, 0.2) is 0 Å². The number of benzene rings is 1. The van der Waals surface area contributed by atoms with Gasteiger partial charge in [0, 0.05) is 24.5 Å². The summed E-state index contributed by atoms with van der Waals surface area (Å²) in [5.74, 6) is 0. The third-order valence-electron chi connectivity index (χ3n) is 3.48. The van der Waals surface area contributed by atoms with Crippen molar-refractivity contribution in [2.75, 3.05) is 7.11 Å². The van der Waals surface area contributed by atoms with Crippen molar-refractivity contribution < 1.29 is 9.84 Å². The van der Waals surface area contributed by atoms with Gasteiger partial charge in [0.1, 0.15) is 6.10 Å². The predicted octanol–water partition coefficient (Wildman–Crippen LogP) is 3.32. The van der Waals surface area contributed by atoms with Gasteiger partial charge in [0.25, 0.3) is 0 Å². The van der Waals surface area contributed by atoms with Gasteiger partial charge in [-0.05, 0) is 31.6 Å². The van der Waals surface area contributed by atoms with Gasteiger partial charge in [0.2, 0.25) is 0 Å². The Morgan fingerprint density at radius 3 is 2.71 bits per heavy atom. The second-order valence-electron chi connectivity index (χ2n) is 5.27. The number of aliphatic hydroxyl groups is 1. The van der Waals surface area contributed by atoms with E-state index in [1.54, 1.807) is 30.4 Å². The maximum atomic E-state index is 10.7. The second kappa shape index (κ2) is 6.43. The Balaban J connectivity index is 2.50. The summed E-state index contributed by atoms with van der Waals surface area (Å²) >= 11 is 6.20. The summed E-state index contributed by atoms with van der Waals surface area (Å²) in [5.41, 5.74) is 0.735. The van der Waals surface area contributed by atoms with E-state index < -0.39 is 11.7 Å². The lowest BCUT2D eigenvalue weighted by atomic mass is 9.97. The molecule has 21 heavy (non-hydrogen) atoms. The molecule has 4 nitrogen and oxygen atoms in total. The lowest BCUT2D eigenvalue weighted by molar-refractivity contribution is -0.0535. The fourth-order valence-corrected chi connectivity index (χ4v) is 2.12. The fraction of sp³-hybridized carbons (Fsp3) is 0.312. The lowest BCUT2D eigenvalue weighted by Crippen LogP contribution is -2.40. The predicted molar refractivity (Wildman–Crippen MR) is 84.9 cm³/mol. The summed E-state index contributed by atoms with van der Waals surface area (Å²) in [7, 11) is 1.57. The van der Waals surface area contributed by atoms with E-state index in [2.05, 4.69) is 4.98 Å². The molecule has 1 heterocycles. The summed E-state index contributed by atoms with van der Waals surface area (Å²) in [6.07, 6.45) is 6.07. The first-order chi connectivity index (χ1) is 9.95. The molecule has 0 radical (unpaired) electrons. The van der Waals surface area contributed by atoms with E-state index >= 15 is 0 Å². The summed E-state index contributed by atoms with van der Waals surface area (Å²) in [6, 6.07) is 7.47. The Morgan fingerprint density at radius 1 is 1.43 bits per heavy atom. The van der Waals surface area contributed by atoms with Crippen LogP contribution in [0.1, 0.15) is 19.4 Å². The van der Waals surface area contributed by atoms with Crippen LogP contribution < -0.4 is 0 Å². The van der Waals surface area contributed by atoms with Crippen molar-refractivity contribution >= 4 is 23.4 Å². The summed E-state index contributed by atoms with van der Waals surface area (Å²) in [5, 5.41) is 11.3. The van der Waals surface area contributed by atoms with Gasteiger partial charge in [0.05, 0.1) is 17.6 Å². The van der Waals surface area contributed by atoms with E-state index in [1.807, 2.05) is 44.2 Å². The minimum absolute atomic E-state index is 0.623. The number of aliphatic hydroxyl groups excluding tert-OH is 1. The number of ether oxygens (including phenoxy) is 1. The Labute approximate surface area is 129 Å². The molecule has 1 aromatic carbocycles. The van der Waals surface area contributed by atoms with Gasteiger partial charge in [-0.2, -0.15) is 0 Å². The molecule has 0 aliphatic rings. The smallest absolute Gasteiger partial charge is 0.123 e. The highest BCUT2D eigenvalue weighted by molar-refractivity contribution is 6.32. The van der Waals surface area contributed by atoms with Crippen LogP contribution in [0.5, 0.6) is 0 Å². The zero-order chi connectivity index (χ0) is 15.5. The standard InChI is InChI=1S/C16H19ClN2O2/c1-16(2,21-3)15(20)14(19-9-8-18-11-19)10-12-6-4-5-7-13(12)17/h4-11,15,20H,1-3H3/b14-10-. The van der Waals surface area contributed by atoms with Crippen molar-refractivity contribution in [3.63, 3.8) is 0 Å². The van der Waals surface area contributed by atoms with E-state index in [1.165, 1.54) is 0 Å². The number of nitrogens with zero attached hydrogens (tertiary/aromatic N) is 2. The van der Waals surface area contributed by atoms with Gasteiger partial charge in [-0.15, -0.1) is 0 Å². The number of imidazole rings is 1. The Kier molecular flexibility index (Phi) is 4.83. The van der Waals surface area contributed by atoms with Crippen LogP contribution in [-0.4, -0.2) is 33.5 Å². The van der Waals surface area contributed by atoms with Crippen LogP contribution in [0, 0.1) is 0 Å². The lowest BCUT2D eigenvalue weighted by Gasteiger charge is -2.31. The molecule has 0 saturated carbocycles. The van der Waals surface area contributed by atoms with Crippen LogP contribution in [0.15, 0.2) is 43.0 Å². The van der Waals surface area contributed by atoms with E-state index in [0.717, 1.165) is 5.56 Å². The van der Waals surface area contributed by atoms with Crippen LogP contribution >= 0.6 is 11.6 Å². The zero-order valence-corrected chi connectivity index (χ0v) is 13.1. The average Bonchev–Trinajstić information content (AvgIpc) is 2.99. The first kappa shape index (κ1) is 15.8. The van der Waals surface area contributed by atoms with Crippen molar-refractivity contribution in [3.05, 3.63) is 53.6 Å². The van der Waals surface area contributed by atoms with Crippen LogP contribution in [0.3, 0.4) is 0 Å². The van der Waals surface area contributed by atoms with Crippen LogP contribution in [0.25, 0.3) is 11.8 Å². The van der Waals surface area contributed by atoms with E-state index in [4.69, 9.17) is 16.3 Å². The molecular formula is C16H19ClN2O2. The topological polar surface area (TPSA) is 47.3 Å². The molecule has 0 aliphatic carbocycles. The fourth-order valence-electron chi connectivity index (χ4n) is 1.93. The van der Waals surface area contributed by atoms with Crippen molar-refractivity contribution in [1.29, 1.82) is 0 Å². The Hall–Kier alpha value is -1.62. The molecule has 2 rings (SSSR count). The monoisotopic (exact) mass is 306 g/mol. The molecule has 0 bridgehead atoms. The first-order valence-electron chi connectivity index (χ1n) is 6.63. The first-order valence-corrected chi connectivity index (χ1v) is 7.01. The van der Waals surface area contributed by atoms with Gasteiger partial charge >= 0.3 is 0 Å². The molecular weight excluding hydrogens is 288 g/mol. The molecule has 5 heteroatoms. The largest absolute Gasteiger partial charge is 0.384 e. The van der Waals surface area contributed by atoms with Gasteiger partial charge in [-0.25, -0.2) is 4.98 Å². The van der Waals surface area contributed by atoms with Crippen molar-refractivity contribution in [2.45, 2.75) is 25.6 Å². The third kappa shape index (κ3) is 3.53. The summed E-state index contributed by atoms with van der Waals surface area (Å²) in [4.78, 5) is 4.03. The number of rotatable bonds is 5. The van der Waals surface area contributed by atoms with Crippen LogP contribution in [-0.2, 0) is 4.74 Å².